The van der Waals surface area contributed by atoms with E-state index in [9.17, 15) is 15.8 Å². The Balaban J connectivity index is 1.37. The summed E-state index contributed by atoms with van der Waals surface area (Å²) in [6, 6.07) is 49.3. The van der Waals surface area contributed by atoms with Crippen LogP contribution in [0.4, 0.5) is 0 Å². The Kier molecular flexibility index (Phi) is 5.56. The molecule has 0 saturated heterocycles. The van der Waals surface area contributed by atoms with E-state index in [0.29, 0.717) is 16.7 Å². The van der Waals surface area contributed by atoms with Crippen molar-refractivity contribution in [2.75, 3.05) is 0 Å². The predicted molar refractivity (Wildman–Crippen MR) is 175 cm³/mol. The van der Waals surface area contributed by atoms with Gasteiger partial charge in [-0.25, -0.2) is 0 Å². The molecule has 2 heterocycles. The quantitative estimate of drug-likeness (QED) is 0.216. The van der Waals surface area contributed by atoms with Gasteiger partial charge in [0.05, 0.1) is 44.4 Å². The van der Waals surface area contributed by atoms with Gasteiger partial charge in [-0.2, -0.15) is 15.8 Å². The molecule has 0 radical (unpaired) electrons. The van der Waals surface area contributed by atoms with Crippen molar-refractivity contribution in [3.05, 3.63) is 144 Å². The lowest BCUT2D eigenvalue weighted by molar-refractivity contribution is 1.17. The summed E-state index contributed by atoms with van der Waals surface area (Å²) >= 11 is 0. The molecule has 5 heteroatoms. The first-order chi connectivity index (χ1) is 21.7. The second-order valence-corrected chi connectivity index (χ2v) is 10.8. The van der Waals surface area contributed by atoms with Crippen LogP contribution < -0.4 is 0 Å². The van der Waals surface area contributed by atoms with Crippen molar-refractivity contribution in [3.63, 3.8) is 0 Å². The highest BCUT2D eigenvalue weighted by Gasteiger charge is 2.17. The molecule has 8 rings (SSSR count). The van der Waals surface area contributed by atoms with E-state index in [2.05, 4.69) is 88.0 Å². The van der Waals surface area contributed by atoms with Crippen LogP contribution in [0.2, 0.25) is 0 Å². The Morgan fingerprint density at radius 3 is 1.75 bits per heavy atom. The summed E-state index contributed by atoms with van der Waals surface area (Å²) in [6.45, 7) is 0. The van der Waals surface area contributed by atoms with Gasteiger partial charge in [-0.3, -0.25) is 0 Å². The van der Waals surface area contributed by atoms with Crippen molar-refractivity contribution in [2.24, 2.45) is 0 Å². The summed E-state index contributed by atoms with van der Waals surface area (Å²) in [5.74, 6) is 0. The SMILES string of the molecule is N#Cc1ccc(-n2c3ccccc3c3cc(-c4ccc5c6ccccc6n(-c6ccccc6C#N)c5c4)ccc32)cc1C#N. The smallest absolute Gasteiger partial charge is 0.101 e. The van der Waals surface area contributed by atoms with Crippen LogP contribution in [0.1, 0.15) is 16.7 Å². The molecule has 0 fully saturated rings. The second-order valence-electron chi connectivity index (χ2n) is 10.8. The molecule has 0 bridgehead atoms. The number of aromatic nitrogens is 2. The number of hydrogen-bond donors (Lipinski definition) is 0. The molecule has 0 saturated carbocycles. The maximum absolute atomic E-state index is 9.93. The fourth-order valence-corrected chi connectivity index (χ4v) is 6.46. The van der Waals surface area contributed by atoms with Gasteiger partial charge in [0, 0.05) is 27.2 Å². The fourth-order valence-electron chi connectivity index (χ4n) is 6.46. The van der Waals surface area contributed by atoms with Crippen molar-refractivity contribution in [3.8, 4) is 40.7 Å². The molecule has 0 aliphatic rings. The maximum Gasteiger partial charge on any atom is 0.101 e. The van der Waals surface area contributed by atoms with E-state index >= 15 is 0 Å². The molecular formula is C39H21N5. The zero-order valence-corrected chi connectivity index (χ0v) is 23.4. The van der Waals surface area contributed by atoms with E-state index in [4.69, 9.17) is 0 Å². The topological polar surface area (TPSA) is 81.2 Å². The molecule has 2 aromatic heterocycles. The average Bonchev–Trinajstić information content (AvgIpc) is 3.60. The van der Waals surface area contributed by atoms with Crippen LogP contribution in [0.3, 0.4) is 0 Å². The Hall–Kier alpha value is -6.61. The van der Waals surface area contributed by atoms with E-state index < -0.39 is 0 Å². The van der Waals surface area contributed by atoms with Gasteiger partial charge in [0.15, 0.2) is 0 Å². The van der Waals surface area contributed by atoms with Crippen LogP contribution in [-0.2, 0) is 0 Å². The molecule has 0 atom stereocenters. The fraction of sp³-hybridized carbons (Fsp3) is 0. The third-order valence-electron chi connectivity index (χ3n) is 8.45. The number of fused-ring (bicyclic) bond motifs is 6. The largest absolute Gasteiger partial charge is 0.309 e. The highest BCUT2D eigenvalue weighted by atomic mass is 15.0. The Morgan fingerprint density at radius 1 is 0.386 bits per heavy atom. The Morgan fingerprint density at radius 2 is 0.977 bits per heavy atom. The number of nitriles is 3. The van der Waals surface area contributed by atoms with E-state index in [1.54, 1.807) is 12.1 Å². The summed E-state index contributed by atoms with van der Waals surface area (Å²) in [4.78, 5) is 0. The minimum absolute atomic E-state index is 0.356. The summed E-state index contributed by atoms with van der Waals surface area (Å²) in [7, 11) is 0. The summed E-state index contributed by atoms with van der Waals surface area (Å²) in [5, 5.41) is 33.5. The van der Waals surface area contributed by atoms with Gasteiger partial charge < -0.3 is 9.13 Å². The van der Waals surface area contributed by atoms with Crippen LogP contribution >= 0.6 is 0 Å². The first-order valence-electron chi connectivity index (χ1n) is 14.2. The van der Waals surface area contributed by atoms with Crippen LogP contribution in [0, 0.1) is 34.0 Å². The van der Waals surface area contributed by atoms with E-state index in [0.717, 1.165) is 66.1 Å². The molecule has 8 aromatic rings. The second kappa shape index (κ2) is 9.74. The third kappa shape index (κ3) is 3.63. The van der Waals surface area contributed by atoms with Gasteiger partial charge in [-0.05, 0) is 71.8 Å². The van der Waals surface area contributed by atoms with Gasteiger partial charge in [-0.15, -0.1) is 0 Å². The zero-order valence-electron chi connectivity index (χ0n) is 23.4. The Bertz CT molecular complexity index is 2600. The maximum atomic E-state index is 9.93. The highest BCUT2D eigenvalue weighted by Crippen LogP contribution is 2.38. The normalized spacial score (nSPS) is 11.1. The summed E-state index contributed by atoms with van der Waals surface area (Å²) < 4.78 is 4.34. The first kappa shape index (κ1) is 25.1. The third-order valence-corrected chi connectivity index (χ3v) is 8.45. The Labute approximate surface area is 252 Å². The lowest BCUT2D eigenvalue weighted by atomic mass is 10.0. The summed E-state index contributed by atoms with van der Waals surface area (Å²) in [6.07, 6.45) is 0. The molecule has 0 amide bonds. The van der Waals surface area contributed by atoms with Crippen molar-refractivity contribution in [2.45, 2.75) is 0 Å². The van der Waals surface area contributed by atoms with Gasteiger partial charge in [0.1, 0.15) is 18.2 Å². The molecular weight excluding hydrogens is 538 g/mol. The van der Waals surface area contributed by atoms with E-state index in [1.807, 2.05) is 54.6 Å². The van der Waals surface area contributed by atoms with Gasteiger partial charge >= 0.3 is 0 Å². The molecule has 6 aromatic carbocycles. The minimum Gasteiger partial charge on any atom is -0.309 e. The number of para-hydroxylation sites is 3. The first-order valence-corrected chi connectivity index (χ1v) is 14.2. The highest BCUT2D eigenvalue weighted by molar-refractivity contribution is 6.12. The number of hydrogen-bond acceptors (Lipinski definition) is 3. The lowest BCUT2D eigenvalue weighted by Crippen LogP contribution is -1.97. The number of benzene rings is 6. The molecule has 0 spiro atoms. The van der Waals surface area contributed by atoms with Crippen LogP contribution in [-0.4, -0.2) is 9.13 Å². The molecule has 5 nitrogen and oxygen atoms in total. The van der Waals surface area contributed by atoms with Crippen molar-refractivity contribution >= 4 is 43.6 Å². The number of rotatable bonds is 3. The van der Waals surface area contributed by atoms with E-state index in [1.165, 1.54) is 0 Å². The summed E-state index contributed by atoms with van der Waals surface area (Å²) in [5.41, 5.74) is 9.31. The average molecular weight is 560 g/mol. The van der Waals surface area contributed by atoms with Crippen molar-refractivity contribution < 1.29 is 0 Å². The van der Waals surface area contributed by atoms with Gasteiger partial charge in [0.25, 0.3) is 0 Å². The van der Waals surface area contributed by atoms with Crippen LogP contribution in [0.25, 0.3) is 66.1 Å². The van der Waals surface area contributed by atoms with E-state index in [-0.39, 0.29) is 0 Å². The molecule has 0 N–H and O–H groups in total. The van der Waals surface area contributed by atoms with Crippen molar-refractivity contribution in [1.29, 1.82) is 15.8 Å². The lowest BCUT2D eigenvalue weighted by Gasteiger charge is -2.11. The van der Waals surface area contributed by atoms with Crippen molar-refractivity contribution in [1.82, 2.24) is 9.13 Å². The molecule has 0 unspecified atom stereocenters. The number of nitrogens with zero attached hydrogens (tertiary/aromatic N) is 5. The van der Waals surface area contributed by atoms with Gasteiger partial charge in [-0.1, -0.05) is 66.7 Å². The molecule has 202 valence electrons. The molecule has 0 aliphatic carbocycles. The predicted octanol–water partition coefficient (Wildman–Crippen LogP) is 9.16. The monoisotopic (exact) mass is 559 g/mol. The minimum atomic E-state index is 0.356. The van der Waals surface area contributed by atoms with Crippen LogP contribution in [0.5, 0.6) is 0 Å². The molecule has 44 heavy (non-hydrogen) atoms. The zero-order chi connectivity index (χ0) is 29.8. The standard InChI is InChI=1S/C39H21N5/c40-22-27-13-16-30(19-29(27)24-42)43-36-11-5-3-9-32(36)34-20-25(15-18-38(34)43)26-14-17-33-31-8-2-6-12-37(31)44(39(33)21-26)35-10-4-1-7-28(35)23-41/h1-21H. The molecule has 0 aliphatic heterocycles. The van der Waals surface area contributed by atoms with Crippen LogP contribution in [0.15, 0.2) is 127 Å². The van der Waals surface area contributed by atoms with Gasteiger partial charge in [0.2, 0.25) is 0 Å².